The Morgan fingerprint density at radius 3 is 2.48 bits per heavy atom. The van der Waals surface area contributed by atoms with Gasteiger partial charge in [0.1, 0.15) is 12.4 Å². The van der Waals surface area contributed by atoms with Crippen molar-refractivity contribution >= 4 is 17.7 Å². The molecule has 0 fully saturated rings. The molecule has 0 aliphatic rings. The smallest absolute Gasteiger partial charge is 0.346 e. The third kappa shape index (κ3) is 6.10. The van der Waals surface area contributed by atoms with E-state index in [-0.39, 0.29) is 0 Å². The molecule has 0 spiro atoms. The normalized spacial score (nSPS) is 12.6. The first-order chi connectivity index (χ1) is 14.6. The minimum atomic E-state index is -4.46. The zero-order chi connectivity index (χ0) is 22.6. The molecule has 1 heterocycles. The lowest BCUT2D eigenvalue weighted by molar-refractivity contribution is -0.137. The van der Waals surface area contributed by atoms with Gasteiger partial charge < -0.3 is 5.32 Å². The van der Waals surface area contributed by atoms with Crippen LogP contribution in [0.1, 0.15) is 29.4 Å². The molecule has 1 N–H and O–H groups in total. The first-order valence-corrected chi connectivity index (χ1v) is 10.6. The first-order valence-electron chi connectivity index (χ1n) is 9.71. The van der Waals surface area contributed by atoms with E-state index >= 15 is 0 Å². The Hall–Kier alpha value is -2.81. The summed E-state index contributed by atoms with van der Waals surface area (Å²) in [6.45, 7) is 4.16. The van der Waals surface area contributed by atoms with Crippen LogP contribution in [0.5, 0.6) is 0 Å². The number of rotatable bonds is 7. The van der Waals surface area contributed by atoms with E-state index in [1.807, 2.05) is 72.3 Å². The number of carbonyl (C=O) groups is 1. The predicted molar refractivity (Wildman–Crippen MR) is 114 cm³/mol. The Morgan fingerprint density at radius 1 is 1.13 bits per heavy atom. The van der Waals surface area contributed by atoms with Crippen LogP contribution >= 0.6 is 11.8 Å². The first kappa shape index (κ1) is 22.9. The summed E-state index contributed by atoms with van der Waals surface area (Å²) in [4.78, 5) is 12.2. The van der Waals surface area contributed by atoms with E-state index < -0.39 is 23.9 Å². The van der Waals surface area contributed by atoms with Crippen LogP contribution < -0.4 is 5.32 Å². The average molecular weight is 449 g/mol. The van der Waals surface area contributed by atoms with Crippen LogP contribution in [-0.4, -0.2) is 38.6 Å². The number of hydrogen-bond acceptors (Lipinski definition) is 4. The molecule has 164 valence electrons. The molecule has 31 heavy (non-hydrogen) atoms. The number of nitrogens with one attached hydrogen (secondary N) is 1. The number of alkyl halides is 3. The van der Waals surface area contributed by atoms with Crippen LogP contribution in [0.2, 0.25) is 0 Å². The SMILES string of the molecule is Cc1ccc(-n2c(Cc3ccccc3)nnc2SC(C)C(=O)NCC(F)(F)F)c(C)c1. The number of benzene rings is 2. The van der Waals surface area contributed by atoms with Gasteiger partial charge >= 0.3 is 6.18 Å². The average Bonchev–Trinajstić information content (AvgIpc) is 3.08. The van der Waals surface area contributed by atoms with E-state index in [1.54, 1.807) is 6.92 Å². The van der Waals surface area contributed by atoms with E-state index in [1.165, 1.54) is 0 Å². The topological polar surface area (TPSA) is 59.8 Å². The number of aromatic nitrogens is 3. The maximum Gasteiger partial charge on any atom is 0.405 e. The van der Waals surface area contributed by atoms with Crippen LogP contribution in [0.4, 0.5) is 13.2 Å². The van der Waals surface area contributed by atoms with E-state index in [9.17, 15) is 18.0 Å². The van der Waals surface area contributed by atoms with E-state index in [2.05, 4.69) is 10.2 Å². The molecule has 0 aliphatic carbocycles. The summed E-state index contributed by atoms with van der Waals surface area (Å²) in [6.07, 6.45) is -3.93. The van der Waals surface area contributed by atoms with Crippen molar-refractivity contribution in [3.8, 4) is 5.69 Å². The third-order valence-corrected chi connectivity index (χ3v) is 5.66. The van der Waals surface area contributed by atoms with Gasteiger partial charge in [0, 0.05) is 6.42 Å². The van der Waals surface area contributed by atoms with Gasteiger partial charge in [-0.1, -0.05) is 59.8 Å². The van der Waals surface area contributed by atoms with Gasteiger partial charge in [-0.25, -0.2) is 0 Å². The highest BCUT2D eigenvalue weighted by molar-refractivity contribution is 8.00. The van der Waals surface area contributed by atoms with Gasteiger partial charge in [-0.3, -0.25) is 9.36 Å². The molecular formula is C22H23F3N4OS. The van der Waals surface area contributed by atoms with Crippen LogP contribution in [0, 0.1) is 13.8 Å². The monoisotopic (exact) mass is 448 g/mol. The van der Waals surface area contributed by atoms with Gasteiger partial charge in [0.05, 0.1) is 10.9 Å². The maximum absolute atomic E-state index is 12.4. The molecule has 5 nitrogen and oxygen atoms in total. The second kappa shape index (κ2) is 9.55. The Kier molecular flexibility index (Phi) is 7.04. The van der Waals surface area contributed by atoms with Gasteiger partial charge in [-0.2, -0.15) is 13.2 Å². The fourth-order valence-electron chi connectivity index (χ4n) is 3.11. The molecule has 1 aromatic heterocycles. The number of halogens is 3. The van der Waals surface area contributed by atoms with Crippen LogP contribution in [0.25, 0.3) is 5.69 Å². The molecule has 0 saturated heterocycles. The Balaban J connectivity index is 1.92. The van der Waals surface area contributed by atoms with Gasteiger partial charge in [-0.15, -0.1) is 10.2 Å². The van der Waals surface area contributed by atoms with E-state index in [4.69, 9.17) is 0 Å². The van der Waals surface area contributed by atoms with E-state index in [0.29, 0.717) is 17.4 Å². The molecule has 0 bridgehead atoms. The second-order valence-electron chi connectivity index (χ2n) is 7.28. The molecule has 1 atom stereocenters. The number of hydrogen-bond donors (Lipinski definition) is 1. The Labute approximate surface area is 183 Å². The van der Waals surface area contributed by atoms with Gasteiger partial charge in [0.25, 0.3) is 0 Å². The largest absolute Gasteiger partial charge is 0.405 e. The summed E-state index contributed by atoms with van der Waals surface area (Å²) in [7, 11) is 0. The minimum absolute atomic E-state index is 0.451. The molecule has 3 aromatic rings. The second-order valence-corrected chi connectivity index (χ2v) is 8.59. The standard InChI is InChI=1S/C22H23F3N4OS/c1-14-9-10-18(15(2)11-14)29-19(12-17-7-5-4-6-8-17)27-28-21(29)31-16(3)20(30)26-13-22(23,24)25/h4-11,16H,12-13H2,1-3H3,(H,26,30). The van der Waals surface area contributed by atoms with Gasteiger partial charge in [-0.05, 0) is 38.0 Å². The predicted octanol–water partition coefficient (Wildman–Crippen LogP) is 4.63. The molecule has 1 amide bonds. The number of nitrogens with zero attached hydrogens (tertiary/aromatic N) is 3. The molecule has 3 rings (SSSR count). The summed E-state index contributed by atoms with van der Waals surface area (Å²) >= 11 is 1.08. The number of thioether (sulfide) groups is 1. The van der Waals surface area contributed by atoms with Crippen molar-refractivity contribution < 1.29 is 18.0 Å². The Bertz CT molecular complexity index is 1050. The van der Waals surface area contributed by atoms with Crippen molar-refractivity contribution in [2.45, 2.75) is 43.8 Å². The van der Waals surface area contributed by atoms with Gasteiger partial charge in [0.15, 0.2) is 5.16 Å². The molecule has 9 heteroatoms. The van der Waals surface area contributed by atoms with Crippen molar-refractivity contribution in [2.24, 2.45) is 0 Å². The van der Waals surface area contributed by atoms with Crippen molar-refractivity contribution in [1.29, 1.82) is 0 Å². The van der Waals surface area contributed by atoms with Crippen molar-refractivity contribution in [3.63, 3.8) is 0 Å². The number of aryl methyl sites for hydroxylation is 2. The molecule has 1 unspecified atom stereocenters. The minimum Gasteiger partial charge on any atom is -0.346 e. The molecule has 0 saturated carbocycles. The molecule has 0 aliphatic heterocycles. The highest BCUT2D eigenvalue weighted by Gasteiger charge is 2.29. The molecular weight excluding hydrogens is 425 g/mol. The van der Waals surface area contributed by atoms with Gasteiger partial charge in [0.2, 0.25) is 5.91 Å². The number of amides is 1. The third-order valence-electron chi connectivity index (χ3n) is 4.61. The van der Waals surface area contributed by atoms with Crippen molar-refractivity contribution in [1.82, 2.24) is 20.1 Å². The summed E-state index contributed by atoms with van der Waals surface area (Å²) in [6, 6.07) is 15.8. The van der Waals surface area contributed by atoms with Crippen LogP contribution in [0.15, 0.2) is 53.7 Å². The highest BCUT2D eigenvalue weighted by Crippen LogP contribution is 2.29. The van der Waals surface area contributed by atoms with Crippen LogP contribution in [-0.2, 0) is 11.2 Å². The Morgan fingerprint density at radius 2 is 1.84 bits per heavy atom. The summed E-state index contributed by atoms with van der Waals surface area (Å²) in [5.74, 6) is -0.0225. The highest BCUT2D eigenvalue weighted by atomic mass is 32.2. The molecule has 2 aromatic carbocycles. The number of carbonyl (C=O) groups excluding carboxylic acids is 1. The fourth-order valence-corrected chi connectivity index (χ4v) is 4.01. The van der Waals surface area contributed by atoms with E-state index in [0.717, 1.165) is 34.1 Å². The van der Waals surface area contributed by atoms with Crippen molar-refractivity contribution in [2.75, 3.05) is 6.54 Å². The summed E-state index contributed by atoms with van der Waals surface area (Å²) in [5.41, 5.74) is 4.03. The lowest BCUT2D eigenvalue weighted by atomic mass is 10.1. The summed E-state index contributed by atoms with van der Waals surface area (Å²) < 4.78 is 39.2. The lowest BCUT2D eigenvalue weighted by Crippen LogP contribution is -2.38. The maximum atomic E-state index is 12.4. The molecule has 0 radical (unpaired) electrons. The quantitative estimate of drug-likeness (QED) is 0.536. The van der Waals surface area contributed by atoms with Crippen molar-refractivity contribution in [3.05, 3.63) is 71.0 Å². The zero-order valence-electron chi connectivity index (χ0n) is 17.4. The fraction of sp³-hybridized carbons (Fsp3) is 0.318. The summed E-state index contributed by atoms with van der Waals surface area (Å²) in [5, 5.41) is 10.2. The zero-order valence-corrected chi connectivity index (χ0v) is 18.2. The van der Waals surface area contributed by atoms with Crippen LogP contribution in [0.3, 0.4) is 0 Å². The lowest BCUT2D eigenvalue weighted by Gasteiger charge is -2.16.